The quantitative estimate of drug-likeness (QED) is 0.706. The zero-order chi connectivity index (χ0) is 7.40. The van der Waals surface area contributed by atoms with E-state index in [0.717, 1.165) is 18.5 Å². The number of hydrogen-bond acceptors (Lipinski definition) is 4. The Morgan fingerprint density at radius 3 is 3.10 bits per heavy atom. The van der Waals surface area contributed by atoms with Crippen LogP contribution >= 0.6 is 11.5 Å². The summed E-state index contributed by atoms with van der Waals surface area (Å²) in [5.41, 5.74) is 6.62. The topological polar surface area (TPSA) is 51.8 Å². The number of nitrogens with two attached hydrogens (primary N) is 1. The summed E-state index contributed by atoms with van der Waals surface area (Å²) in [5, 5.41) is 5.86. The predicted molar refractivity (Wildman–Crippen MR) is 41.9 cm³/mol. The molecule has 0 unspecified atom stereocenters. The molecule has 0 radical (unpaired) electrons. The van der Waals surface area contributed by atoms with Crippen molar-refractivity contribution in [2.24, 2.45) is 5.73 Å². The van der Waals surface area contributed by atoms with E-state index < -0.39 is 0 Å². The normalized spacial score (nSPS) is 13.4. The molecule has 0 aliphatic carbocycles. The van der Waals surface area contributed by atoms with Crippen LogP contribution in [-0.2, 0) is 6.42 Å². The molecule has 0 spiro atoms. The fraction of sp³-hybridized carbons (Fsp3) is 0.667. The van der Waals surface area contributed by atoms with Crippen LogP contribution in [0.25, 0.3) is 0 Å². The van der Waals surface area contributed by atoms with E-state index in [0.29, 0.717) is 0 Å². The average Bonchev–Trinajstić information content (AvgIpc) is 2.34. The number of rotatable bonds is 3. The lowest BCUT2D eigenvalue weighted by molar-refractivity contribution is 0.657. The lowest BCUT2D eigenvalue weighted by Gasteiger charge is -1.99. The Labute approximate surface area is 64.4 Å². The van der Waals surface area contributed by atoms with Gasteiger partial charge in [-0.3, -0.25) is 0 Å². The van der Waals surface area contributed by atoms with Gasteiger partial charge in [0.2, 0.25) is 0 Å². The summed E-state index contributed by atoms with van der Waals surface area (Å²) in [7, 11) is 0. The monoisotopic (exact) mass is 157 g/mol. The molecular weight excluding hydrogens is 146 g/mol. The lowest BCUT2D eigenvalue weighted by Crippen LogP contribution is -2.15. The zero-order valence-corrected chi connectivity index (χ0v) is 6.77. The molecule has 1 heterocycles. The van der Waals surface area contributed by atoms with Crippen LogP contribution in [0.1, 0.15) is 19.0 Å². The molecule has 1 aromatic heterocycles. The van der Waals surface area contributed by atoms with Crippen molar-refractivity contribution in [1.82, 2.24) is 9.59 Å². The minimum atomic E-state index is 0.265. The van der Waals surface area contributed by atoms with Crippen molar-refractivity contribution in [3.05, 3.63) is 11.1 Å². The van der Waals surface area contributed by atoms with E-state index in [4.69, 9.17) is 5.73 Å². The standard InChI is InChI=1S/C6H11N3S/c1-5(7)2-3-6-4-10-9-8-6/h4-5H,2-3,7H2,1H3/t5-/m1/s1. The van der Waals surface area contributed by atoms with Gasteiger partial charge in [0, 0.05) is 11.4 Å². The van der Waals surface area contributed by atoms with Gasteiger partial charge >= 0.3 is 0 Å². The van der Waals surface area contributed by atoms with Gasteiger partial charge in [0.05, 0.1) is 5.69 Å². The summed E-state index contributed by atoms with van der Waals surface area (Å²) in [5.74, 6) is 0. The average molecular weight is 157 g/mol. The van der Waals surface area contributed by atoms with Crippen LogP contribution in [0.4, 0.5) is 0 Å². The van der Waals surface area contributed by atoms with Crippen LogP contribution in [0.2, 0.25) is 0 Å². The van der Waals surface area contributed by atoms with Gasteiger partial charge in [-0.05, 0) is 31.3 Å². The third kappa shape index (κ3) is 2.41. The van der Waals surface area contributed by atoms with E-state index in [-0.39, 0.29) is 6.04 Å². The first-order valence-electron chi connectivity index (χ1n) is 3.30. The summed E-state index contributed by atoms with van der Waals surface area (Å²) in [6.07, 6.45) is 1.94. The second-order valence-corrected chi connectivity index (χ2v) is 3.02. The van der Waals surface area contributed by atoms with Crippen LogP contribution in [0.3, 0.4) is 0 Å². The molecule has 0 fully saturated rings. The van der Waals surface area contributed by atoms with E-state index >= 15 is 0 Å². The first-order chi connectivity index (χ1) is 4.79. The van der Waals surface area contributed by atoms with E-state index in [1.54, 1.807) is 0 Å². The van der Waals surface area contributed by atoms with Crippen LogP contribution in [-0.4, -0.2) is 15.6 Å². The van der Waals surface area contributed by atoms with Crippen molar-refractivity contribution in [3.8, 4) is 0 Å². The minimum Gasteiger partial charge on any atom is -0.328 e. The van der Waals surface area contributed by atoms with E-state index in [1.165, 1.54) is 11.5 Å². The molecule has 0 amide bonds. The van der Waals surface area contributed by atoms with Gasteiger partial charge in [0.25, 0.3) is 0 Å². The lowest BCUT2D eigenvalue weighted by atomic mass is 10.2. The summed E-state index contributed by atoms with van der Waals surface area (Å²) >= 11 is 1.39. The first-order valence-corrected chi connectivity index (χ1v) is 4.14. The summed E-state index contributed by atoms with van der Waals surface area (Å²) < 4.78 is 3.75. The van der Waals surface area contributed by atoms with Crippen molar-refractivity contribution < 1.29 is 0 Å². The van der Waals surface area contributed by atoms with Crippen LogP contribution in [0.15, 0.2) is 5.38 Å². The Hall–Kier alpha value is -0.480. The molecule has 56 valence electrons. The fourth-order valence-corrected chi connectivity index (χ4v) is 1.15. The smallest absolute Gasteiger partial charge is 0.0756 e. The van der Waals surface area contributed by atoms with Gasteiger partial charge in [0.15, 0.2) is 0 Å². The van der Waals surface area contributed by atoms with Gasteiger partial charge in [-0.2, -0.15) is 0 Å². The largest absolute Gasteiger partial charge is 0.328 e. The number of aryl methyl sites for hydroxylation is 1. The Morgan fingerprint density at radius 2 is 2.60 bits per heavy atom. The SMILES string of the molecule is C[C@@H](N)CCc1csnn1. The molecule has 0 aliphatic rings. The maximum Gasteiger partial charge on any atom is 0.0756 e. The highest BCUT2D eigenvalue weighted by Crippen LogP contribution is 2.01. The Balaban J connectivity index is 2.28. The number of nitrogens with zero attached hydrogens (tertiary/aromatic N) is 2. The van der Waals surface area contributed by atoms with E-state index in [1.807, 2.05) is 12.3 Å². The second kappa shape index (κ2) is 3.63. The predicted octanol–water partition coefficient (Wildman–Crippen LogP) is 0.818. The Bertz CT molecular complexity index is 171. The molecule has 0 bridgehead atoms. The fourth-order valence-electron chi connectivity index (χ4n) is 0.668. The van der Waals surface area contributed by atoms with E-state index in [2.05, 4.69) is 9.59 Å². The summed E-state index contributed by atoms with van der Waals surface area (Å²) in [6.45, 7) is 2.00. The second-order valence-electron chi connectivity index (χ2n) is 2.41. The van der Waals surface area contributed by atoms with Gasteiger partial charge in [-0.15, -0.1) is 5.10 Å². The van der Waals surface area contributed by atoms with Gasteiger partial charge < -0.3 is 5.73 Å². The zero-order valence-electron chi connectivity index (χ0n) is 5.95. The Morgan fingerprint density at radius 1 is 1.80 bits per heavy atom. The third-order valence-electron chi connectivity index (χ3n) is 1.26. The molecule has 0 saturated heterocycles. The number of aromatic nitrogens is 2. The molecule has 1 atom stereocenters. The third-order valence-corrected chi connectivity index (χ3v) is 1.81. The summed E-state index contributed by atoms with van der Waals surface area (Å²) in [4.78, 5) is 0. The maximum atomic E-state index is 5.56. The molecule has 0 saturated carbocycles. The number of hydrogen-bond donors (Lipinski definition) is 1. The molecule has 2 N–H and O–H groups in total. The highest BCUT2D eigenvalue weighted by atomic mass is 32.1. The molecule has 10 heavy (non-hydrogen) atoms. The van der Waals surface area contributed by atoms with Crippen LogP contribution in [0, 0.1) is 0 Å². The van der Waals surface area contributed by atoms with Gasteiger partial charge in [-0.1, -0.05) is 4.49 Å². The molecule has 4 heteroatoms. The van der Waals surface area contributed by atoms with Crippen molar-refractivity contribution in [3.63, 3.8) is 0 Å². The Kier molecular flexibility index (Phi) is 2.77. The van der Waals surface area contributed by atoms with Crippen molar-refractivity contribution >= 4 is 11.5 Å². The van der Waals surface area contributed by atoms with Crippen LogP contribution < -0.4 is 5.73 Å². The van der Waals surface area contributed by atoms with Crippen molar-refractivity contribution in [2.45, 2.75) is 25.8 Å². The molecule has 1 aromatic rings. The van der Waals surface area contributed by atoms with Crippen molar-refractivity contribution in [1.29, 1.82) is 0 Å². The first kappa shape index (κ1) is 7.63. The molecule has 0 aliphatic heterocycles. The maximum absolute atomic E-state index is 5.56. The minimum absolute atomic E-state index is 0.265. The van der Waals surface area contributed by atoms with Gasteiger partial charge in [0.1, 0.15) is 0 Å². The van der Waals surface area contributed by atoms with Gasteiger partial charge in [-0.25, -0.2) is 0 Å². The highest BCUT2D eigenvalue weighted by molar-refractivity contribution is 7.03. The van der Waals surface area contributed by atoms with Crippen LogP contribution in [0.5, 0.6) is 0 Å². The summed E-state index contributed by atoms with van der Waals surface area (Å²) in [6, 6.07) is 0.265. The highest BCUT2D eigenvalue weighted by Gasteiger charge is 1.98. The molecule has 1 rings (SSSR count). The van der Waals surface area contributed by atoms with Crippen molar-refractivity contribution in [2.75, 3.05) is 0 Å². The molecule has 3 nitrogen and oxygen atoms in total. The van der Waals surface area contributed by atoms with E-state index in [9.17, 15) is 0 Å². The molecular formula is C6H11N3S. The molecule has 0 aromatic carbocycles.